The molecule has 1 aliphatic rings. The summed E-state index contributed by atoms with van der Waals surface area (Å²) in [7, 11) is -3.65. The van der Waals surface area contributed by atoms with Gasteiger partial charge in [-0.2, -0.15) is 18.4 Å². The van der Waals surface area contributed by atoms with Crippen molar-refractivity contribution in [1.29, 1.82) is 0 Å². The van der Waals surface area contributed by atoms with Crippen molar-refractivity contribution in [3.8, 4) is 0 Å². The zero-order valence-corrected chi connectivity index (χ0v) is 14.9. The fraction of sp³-hybridized carbons (Fsp3) is 0.167. The molecule has 3 rings (SSSR count). The molecule has 0 amide bonds. The molecule has 0 saturated heterocycles. The van der Waals surface area contributed by atoms with Crippen molar-refractivity contribution < 1.29 is 8.42 Å². The number of hydrogen-bond donors (Lipinski definition) is 1. The lowest BCUT2D eigenvalue weighted by Gasteiger charge is -2.12. The average molecular weight is 358 g/mol. The van der Waals surface area contributed by atoms with Gasteiger partial charge in [-0.15, -0.1) is 11.3 Å². The van der Waals surface area contributed by atoms with E-state index < -0.39 is 10.0 Å². The molecule has 0 spiro atoms. The second kappa shape index (κ2) is 7.15. The Bertz CT molecular complexity index is 891. The van der Waals surface area contributed by atoms with Gasteiger partial charge in [0, 0.05) is 4.88 Å². The molecule has 4 nitrogen and oxygen atoms in total. The van der Waals surface area contributed by atoms with E-state index in [1.807, 2.05) is 36.6 Å². The Morgan fingerprint density at radius 3 is 2.71 bits per heavy atom. The van der Waals surface area contributed by atoms with Crippen LogP contribution in [0, 0.1) is 6.92 Å². The largest absolute Gasteiger partial charge is 0.276 e. The van der Waals surface area contributed by atoms with Crippen molar-refractivity contribution in [3.05, 3.63) is 69.9 Å². The lowest BCUT2D eigenvalue weighted by atomic mass is 9.99. The van der Waals surface area contributed by atoms with E-state index in [0.717, 1.165) is 28.1 Å². The minimum absolute atomic E-state index is 0.215. The number of thiophene rings is 1. The van der Waals surface area contributed by atoms with E-state index in [1.165, 1.54) is 0 Å². The van der Waals surface area contributed by atoms with E-state index in [9.17, 15) is 8.42 Å². The fourth-order valence-corrected chi connectivity index (χ4v) is 3.83. The van der Waals surface area contributed by atoms with E-state index in [-0.39, 0.29) is 4.90 Å². The van der Waals surface area contributed by atoms with Gasteiger partial charge in [-0.05, 0) is 55.0 Å². The third-order valence-electron chi connectivity index (χ3n) is 3.65. The van der Waals surface area contributed by atoms with Gasteiger partial charge in [0.1, 0.15) is 0 Å². The number of hydrogen-bond acceptors (Lipinski definition) is 4. The molecule has 0 saturated carbocycles. The number of nitrogens with zero attached hydrogens (tertiary/aromatic N) is 1. The number of aryl methyl sites for hydroxylation is 1. The molecule has 1 aromatic carbocycles. The molecule has 124 valence electrons. The summed E-state index contributed by atoms with van der Waals surface area (Å²) in [5, 5.41) is 6.19. The van der Waals surface area contributed by atoms with Crippen LogP contribution >= 0.6 is 11.3 Å². The summed E-state index contributed by atoms with van der Waals surface area (Å²) in [5.41, 5.74) is 2.70. The first-order chi connectivity index (χ1) is 11.5. The summed E-state index contributed by atoms with van der Waals surface area (Å²) in [6, 6.07) is 10.7. The molecule has 0 bridgehead atoms. The normalized spacial score (nSPS) is 18.2. The van der Waals surface area contributed by atoms with Gasteiger partial charge in [-0.1, -0.05) is 35.9 Å². The maximum Gasteiger partial charge on any atom is 0.276 e. The standard InChI is InChI=1S/C18H18N2O2S2/c1-14-8-10-17(11-9-14)24(21,22)20-19-18-7-3-2-5-15(18)13-16-6-4-12-23-16/h2,4-6,8-13,20H,3,7H2,1H3/b15-13+,19-18+. The minimum atomic E-state index is -3.65. The van der Waals surface area contributed by atoms with Crippen molar-refractivity contribution in [2.24, 2.45) is 5.10 Å². The molecule has 0 fully saturated rings. The van der Waals surface area contributed by atoms with Gasteiger partial charge in [-0.25, -0.2) is 0 Å². The molecule has 0 radical (unpaired) electrons. The quantitative estimate of drug-likeness (QED) is 0.836. The smallest absolute Gasteiger partial charge is 0.200 e. The lowest BCUT2D eigenvalue weighted by molar-refractivity contribution is 0.584. The molecular formula is C18H18N2O2S2. The third kappa shape index (κ3) is 4.01. The van der Waals surface area contributed by atoms with Crippen LogP contribution in [0.25, 0.3) is 6.08 Å². The van der Waals surface area contributed by atoms with Crippen LogP contribution in [0.15, 0.2) is 69.5 Å². The molecule has 0 atom stereocenters. The van der Waals surface area contributed by atoms with E-state index in [4.69, 9.17) is 0 Å². The Labute approximate surface area is 146 Å². The van der Waals surface area contributed by atoms with Crippen molar-refractivity contribution in [1.82, 2.24) is 4.83 Å². The van der Waals surface area contributed by atoms with Crippen LogP contribution in [0.4, 0.5) is 0 Å². The Hall–Kier alpha value is -2.18. The molecule has 2 aromatic rings. The second-order valence-corrected chi connectivity index (χ2v) is 8.16. The summed E-state index contributed by atoms with van der Waals surface area (Å²) in [4.78, 5) is 3.69. The molecular weight excluding hydrogens is 340 g/mol. The summed E-state index contributed by atoms with van der Waals surface area (Å²) >= 11 is 1.64. The van der Waals surface area contributed by atoms with Crippen molar-refractivity contribution in [2.45, 2.75) is 24.7 Å². The maximum atomic E-state index is 12.4. The first kappa shape index (κ1) is 16.7. The molecule has 1 aromatic heterocycles. The van der Waals surface area contributed by atoms with Gasteiger partial charge in [0.2, 0.25) is 0 Å². The SMILES string of the molecule is Cc1ccc(S(=O)(=O)N/N=C2\CCC=C\C2=C/c2cccs2)cc1. The monoisotopic (exact) mass is 358 g/mol. The predicted molar refractivity (Wildman–Crippen MR) is 99.6 cm³/mol. The van der Waals surface area contributed by atoms with Crippen molar-refractivity contribution in [2.75, 3.05) is 0 Å². The zero-order chi connectivity index (χ0) is 17.0. The van der Waals surface area contributed by atoms with Gasteiger partial charge in [-0.3, -0.25) is 0 Å². The number of benzene rings is 1. The predicted octanol–water partition coefficient (Wildman–Crippen LogP) is 4.12. The number of allylic oxidation sites excluding steroid dienone is 3. The average Bonchev–Trinajstić information content (AvgIpc) is 3.08. The Balaban J connectivity index is 1.84. The number of sulfonamides is 1. The highest BCUT2D eigenvalue weighted by Crippen LogP contribution is 2.20. The van der Waals surface area contributed by atoms with Crippen LogP contribution in [0.2, 0.25) is 0 Å². The van der Waals surface area contributed by atoms with E-state index >= 15 is 0 Å². The minimum Gasteiger partial charge on any atom is -0.200 e. The Kier molecular flexibility index (Phi) is 4.97. The first-order valence-electron chi connectivity index (χ1n) is 7.62. The fourth-order valence-electron chi connectivity index (χ4n) is 2.33. The van der Waals surface area contributed by atoms with Crippen molar-refractivity contribution >= 4 is 33.1 Å². The van der Waals surface area contributed by atoms with Crippen LogP contribution in [-0.4, -0.2) is 14.1 Å². The molecule has 24 heavy (non-hydrogen) atoms. The van der Waals surface area contributed by atoms with Gasteiger partial charge in [0.15, 0.2) is 0 Å². The van der Waals surface area contributed by atoms with Crippen LogP contribution in [-0.2, 0) is 10.0 Å². The maximum absolute atomic E-state index is 12.4. The highest BCUT2D eigenvalue weighted by molar-refractivity contribution is 7.89. The number of rotatable bonds is 4. The van der Waals surface area contributed by atoms with E-state index in [2.05, 4.69) is 16.0 Å². The molecule has 1 heterocycles. The van der Waals surface area contributed by atoms with Crippen LogP contribution < -0.4 is 4.83 Å². The second-order valence-electron chi connectivity index (χ2n) is 5.52. The van der Waals surface area contributed by atoms with Crippen LogP contribution in [0.5, 0.6) is 0 Å². The third-order valence-corrected chi connectivity index (χ3v) is 5.70. The summed E-state index contributed by atoms with van der Waals surface area (Å²) < 4.78 is 24.7. The molecule has 1 aliphatic carbocycles. The molecule has 6 heteroatoms. The summed E-state index contributed by atoms with van der Waals surface area (Å²) in [6.45, 7) is 1.92. The van der Waals surface area contributed by atoms with Gasteiger partial charge in [0.25, 0.3) is 10.0 Å². The molecule has 0 unspecified atom stereocenters. The van der Waals surface area contributed by atoms with Crippen LogP contribution in [0.3, 0.4) is 0 Å². The number of hydrazone groups is 1. The van der Waals surface area contributed by atoms with Gasteiger partial charge >= 0.3 is 0 Å². The van der Waals surface area contributed by atoms with Gasteiger partial charge in [0.05, 0.1) is 10.6 Å². The zero-order valence-electron chi connectivity index (χ0n) is 13.3. The first-order valence-corrected chi connectivity index (χ1v) is 9.98. The molecule has 1 N–H and O–H groups in total. The van der Waals surface area contributed by atoms with E-state index in [1.54, 1.807) is 35.6 Å². The summed E-state index contributed by atoms with van der Waals surface area (Å²) in [5.74, 6) is 0. The molecule has 0 aliphatic heterocycles. The lowest BCUT2D eigenvalue weighted by Crippen LogP contribution is -2.21. The van der Waals surface area contributed by atoms with Crippen molar-refractivity contribution in [3.63, 3.8) is 0 Å². The van der Waals surface area contributed by atoms with E-state index in [0.29, 0.717) is 6.42 Å². The number of nitrogens with one attached hydrogen (secondary N) is 1. The Morgan fingerprint density at radius 1 is 1.21 bits per heavy atom. The highest BCUT2D eigenvalue weighted by Gasteiger charge is 2.15. The topological polar surface area (TPSA) is 58.5 Å². The highest BCUT2D eigenvalue weighted by atomic mass is 32.2. The Morgan fingerprint density at radius 2 is 2.00 bits per heavy atom. The summed E-state index contributed by atoms with van der Waals surface area (Å²) in [6.07, 6.45) is 7.66. The van der Waals surface area contributed by atoms with Gasteiger partial charge < -0.3 is 0 Å². The van der Waals surface area contributed by atoms with Crippen LogP contribution in [0.1, 0.15) is 23.3 Å².